The molecule has 1 heterocycles. The van der Waals surface area contributed by atoms with Gasteiger partial charge in [-0.1, -0.05) is 33.8 Å². The predicted molar refractivity (Wildman–Crippen MR) is 76.9 cm³/mol. The second kappa shape index (κ2) is 4.88. The maximum absolute atomic E-state index is 2.57. The number of allylic oxidation sites excluding steroid dienone is 3. The summed E-state index contributed by atoms with van der Waals surface area (Å²) in [6, 6.07) is 0. The third kappa shape index (κ3) is 2.59. The SMILES string of the molecule is CCN1C(C(C)C)=C(C(C)C)C(C)=CC1(C)C. The fraction of sp³-hybridized carbons (Fsp3) is 0.750. The summed E-state index contributed by atoms with van der Waals surface area (Å²) >= 11 is 0. The van der Waals surface area contributed by atoms with E-state index in [0.29, 0.717) is 11.8 Å². The molecule has 1 nitrogen and oxygen atoms in total. The molecule has 0 aromatic carbocycles. The van der Waals surface area contributed by atoms with Gasteiger partial charge in [-0.15, -0.1) is 0 Å². The Morgan fingerprint density at radius 2 is 1.65 bits per heavy atom. The lowest BCUT2D eigenvalue weighted by Gasteiger charge is -2.46. The van der Waals surface area contributed by atoms with Gasteiger partial charge in [-0.3, -0.25) is 0 Å². The van der Waals surface area contributed by atoms with E-state index in [1.807, 2.05) is 0 Å². The third-order valence-corrected chi connectivity index (χ3v) is 3.70. The fourth-order valence-electron chi connectivity index (χ4n) is 3.30. The van der Waals surface area contributed by atoms with Crippen molar-refractivity contribution in [3.05, 3.63) is 22.9 Å². The van der Waals surface area contributed by atoms with Crippen LogP contribution in [0, 0.1) is 11.8 Å². The Balaban J connectivity index is 3.41. The van der Waals surface area contributed by atoms with E-state index in [4.69, 9.17) is 0 Å². The van der Waals surface area contributed by atoms with Gasteiger partial charge >= 0.3 is 0 Å². The van der Waals surface area contributed by atoms with Gasteiger partial charge in [-0.2, -0.15) is 0 Å². The van der Waals surface area contributed by atoms with E-state index in [2.05, 4.69) is 66.4 Å². The number of likely N-dealkylation sites (N-methyl/N-ethyl adjacent to an activating group) is 1. The van der Waals surface area contributed by atoms with Crippen LogP contribution in [0.1, 0.15) is 55.4 Å². The highest BCUT2D eigenvalue weighted by Gasteiger charge is 2.33. The van der Waals surface area contributed by atoms with E-state index < -0.39 is 0 Å². The van der Waals surface area contributed by atoms with Gasteiger partial charge in [0.2, 0.25) is 0 Å². The van der Waals surface area contributed by atoms with Crippen LogP contribution >= 0.6 is 0 Å². The molecule has 0 radical (unpaired) electrons. The van der Waals surface area contributed by atoms with Crippen molar-refractivity contribution in [2.45, 2.75) is 60.9 Å². The molecule has 1 heteroatoms. The number of rotatable bonds is 3. The third-order valence-electron chi connectivity index (χ3n) is 3.70. The van der Waals surface area contributed by atoms with E-state index >= 15 is 0 Å². The summed E-state index contributed by atoms with van der Waals surface area (Å²) in [7, 11) is 0. The topological polar surface area (TPSA) is 3.24 Å². The van der Waals surface area contributed by atoms with Crippen LogP contribution in [0.5, 0.6) is 0 Å². The Hall–Kier alpha value is -0.720. The Kier molecular flexibility index (Phi) is 4.11. The first-order valence-electron chi connectivity index (χ1n) is 6.93. The molecule has 0 bridgehead atoms. The van der Waals surface area contributed by atoms with Crippen molar-refractivity contribution < 1.29 is 0 Å². The molecule has 0 saturated carbocycles. The van der Waals surface area contributed by atoms with Gasteiger partial charge in [-0.05, 0) is 50.7 Å². The molecule has 0 spiro atoms. The molecule has 0 amide bonds. The van der Waals surface area contributed by atoms with E-state index in [-0.39, 0.29) is 5.54 Å². The summed E-state index contributed by atoms with van der Waals surface area (Å²) in [6.45, 7) is 19.5. The first-order chi connectivity index (χ1) is 7.72. The van der Waals surface area contributed by atoms with Crippen LogP contribution in [-0.2, 0) is 0 Å². The van der Waals surface area contributed by atoms with E-state index in [9.17, 15) is 0 Å². The van der Waals surface area contributed by atoms with Crippen molar-refractivity contribution in [1.29, 1.82) is 0 Å². The largest absolute Gasteiger partial charge is 0.366 e. The fourth-order valence-corrected chi connectivity index (χ4v) is 3.30. The Morgan fingerprint density at radius 3 is 2.00 bits per heavy atom. The smallest absolute Gasteiger partial charge is 0.0531 e. The van der Waals surface area contributed by atoms with Gasteiger partial charge in [0.15, 0.2) is 0 Å². The van der Waals surface area contributed by atoms with Crippen molar-refractivity contribution in [2.24, 2.45) is 11.8 Å². The maximum atomic E-state index is 2.57. The summed E-state index contributed by atoms with van der Waals surface area (Å²) in [5, 5.41) is 0. The molecule has 0 atom stereocenters. The molecule has 0 fully saturated rings. The molecular formula is C16H29N. The Labute approximate surface area is 108 Å². The van der Waals surface area contributed by atoms with E-state index in [0.717, 1.165) is 6.54 Å². The highest BCUT2D eigenvalue weighted by Crippen LogP contribution is 2.39. The lowest BCUT2D eigenvalue weighted by Crippen LogP contribution is -2.46. The van der Waals surface area contributed by atoms with Crippen LogP contribution in [0.3, 0.4) is 0 Å². The second-order valence-corrected chi connectivity index (χ2v) is 6.33. The first kappa shape index (κ1) is 14.3. The maximum Gasteiger partial charge on any atom is 0.0531 e. The van der Waals surface area contributed by atoms with Crippen molar-refractivity contribution in [3.8, 4) is 0 Å². The summed E-state index contributed by atoms with van der Waals surface area (Å²) in [5.74, 6) is 1.20. The van der Waals surface area contributed by atoms with Crippen molar-refractivity contribution in [3.63, 3.8) is 0 Å². The lowest BCUT2D eigenvalue weighted by atomic mass is 9.81. The van der Waals surface area contributed by atoms with Gasteiger partial charge in [-0.25, -0.2) is 0 Å². The molecule has 0 saturated heterocycles. The molecule has 98 valence electrons. The van der Waals surface area contributed by atoms with Crippen LogP contribution in [0.25, 0.3) is 0 Å². The quantitative estimate of drug-likeness (QED) is 0.690. The minimum Gasteiger partial charge on any atom is -0.366 e. The molecule has 1 rings (SSSR count). The van der Waals surface area contributed by atoms with Gasteiger partial charge in [0, 0.05) is 12.2 Å². The molecule has 0 N–H and O–H groups in total. The van der Waals surface area contributed by atoms with Gasteiger partial charge in [0.05, 0.1) is 5.54 Å². The monoisotopic (exact) mass is 235 g/mol. The molecule has 0 aromatic heterocycles. The standard InChI is InChI=1S/C16H29N/c1-9-17-15(12(4)5)14(11(2)3)13(6)10-16(17,7)8/h10-12H,9H2,1-8H3. The molecule has 0 aromatic rings. The van der Waals surface area contributed by atoms with Gasteiger partial charge < -0.3 is 4.90 Å². The minimum atomic E-state index is 0.150. The van der Waals surface area contributed by atoms with Crippen LogP contribution in [0.4, 0.5) is 0 Å². The highest BCUT2D eigenvalue weighted by atomic mass is 15.2. The van der Waals surface area contributed by atoms with E-state index in [1.54, 1.807) is 11.3 Å². The summed E-state index contributed by atoms with van der Waals surface area (Å²) in [4.78, 5) is 2.57. The van der Waals surface area contributed by atoms with Crippen LogP contribution < -0.4 is 0 Å². The Morgan fingerprint density at radius 1 is 1.12 bits per heavy atom. The average Bonchev–Trinajstić information content (AvgIpc) is 2.13. The zero-order valence-corrected chi connectivity index (χ0v) is 12.9. The number of nitrogens with zero attached hydrogens (tertiary/aromatic N) is 1. The molecule has 1 aliphatic heterocycles. The molecule has 17 heavy (non-hydrogen) atoms. The van der Waals surface area contributed by atoms with Crippen LogP contribution in [-0.4, -0.2) is 17.0 Å². The lowest BCUT2D eigenvalue weighted by molar-refractivity contribution is 0.194. The highest BCUT2D eigenvalue weighted by molar-refractivity contribution is 5.42. The van der Waals surface area contributed by atoms with E-state index in [1.165, 1.54) is 5.57 Å². The van der Waals surface area contributed by atoms with Crippen LogP contribution in [0.15, 0.2) is 22.9 Å². The predicted octanol–water partition coefficient (Wildman–Crippen LogP) is 4.61. The number of hydrogen-bond acceptors (Lipinski definition) is 1. The molecule has 1 aliphatic rings. The number of hydrogen-bond donors (Lipinski definition) is 0. The van der Waals surface area contributed by atoms with Crippen molar-refractivity contribution >= 4 is 0 Å². The van der Waals surface area contributed by atoms with Gasteiger partial charge in [0.1, 0.15) is 0 Å². The van der Waals surface area contributed by atoms with Crippen molar-refractivity contribution in [1.82, 2.24) is 4.90 Å². The van der Waals surface area contributed by atoms with Gasteiger partial charge in [0.25, 0.3) is 0 Å². The van der Waals surface area contributed by atoms with Crippen molar-refractivity contribution in [2.75, 3.05) is 6.54 Å². The molecular weight excluding hydrogens is 206 g/mol. The molecule has 0 unspecified atom stereocenters. The first-order valence-corrected chi connectivity index (χ1v) is 6.93. The second-order valence-electron chi connectivity index (χ2n) is 6.33. The summed E-state index contributed by atoms with van der Waals surface area (Å²) in [5.41, 5.74) is 4.73. The summed E-state index contributed by atoms with van der Waals surface area (Å²) < 4.78 is 0. The normalized spacial score (nSPS) is 20.4. The zero-order chi connectivity index (χ0) is 13.4. The Bertz CT molecular complexity index is 343. The van der Waals surface area contributed by atoms with Crippen LogP contribution in [0.2, 0.25) is 0 Å². The molecule has 0 aliphatic carbocycles. The summed E-state index contributed by atoms with van der Waals surface area (Å²) in [6.07, 6.45) is 2.43. The minimum absolute atomic E-state index is 0.150. The average molecular weight is 235 g/mol. The zero-order valence-electron chi connectivity index (χ0n) is 12.9.